The summed E-state index contributed by atoms with van der Waals surface area (Å²) in [6, 6.07) is 5.46. The zero-order valence-corrected chi connectivity index (χ0v) is 29.0. The fourth-order valence-electron chi connectivity index (χ4n) is 5.66. The highest BCUT2D eigenvalue weighted by molar-refractivity contribution is 5.41. The Bertz CT molecular complexity index is 1180. The molecule has 0 aromatic heterocycles. The van der Waals surface area contributed by atoms with E-state index in [2.05, 4.69) is 91.8 Å². The molecule has 0 fully saturated rings. The molecule has 0 saturated heterocycles. The first-order valence-electron chi connectivity index (χ1n) is 16.9. The Morgan fingerprint density at radius 3 is 1.51 bits per heavy atom. The predicted octanol–water partition coefficient (Wildman–Crippen LogP) is 12.9. The highest BCUT2D eigenvalue weighted by Crippen LogP contribution is 2.37. The summed E-state index contributed by atoms with van der Waals surface area (Å²) in [5.41, 5.74) is 9.95. The van der Waals surface area contributed by atoms with Crippen molar-refractivity contribution in [3.05, 3.63) is 93.7 Å². The van der Waals surface area contributed by atoms with E-state index in [1.54, 1.807) is 6.07 Å². The minimum Gasteiger partial charge on any atom is -0.508 e. The maximum Gasteiger partial charge on any atom is 0.123 e. The third-order valence-electron chi connectivity index (χ3n) is 8.71. The van der Waals surface area contributed by atoms with Gasteiger partial charge in [-0.3, -0.25) is 0 Å². The Hall–Kier alpha value is -2.74. The number of ether oxygens (including phenoxy) is 1. The van der Waals surface area contributed by atoms with E-state index >= 15 is 0 Å². The lowest BCUT2D eigenvalue weighted by Gasteiger charge is -2.35. The number of rotatable bonds is 18. The van der Waals surface area contributed by atoms with Crippen molar-refractivity contribution in [2.75, 3.05) is 0 Å². The SMILES string of the molecule is CC(C)=CCC/C(C)=C/CC/C(C)=C/CC/C(C)=C/CC/C(C)=C/CC/C(C)=C/CCC1(C)CCc2cc(O)ccc2O1. The van der Waals surface area contributed by atoms with Crippen LogP contribution < -0.4 is 4.74 Å². The number of aryl methyl sites for hydroxylation is 1. The molecule has 0 aliphatic carbocycles. The molecule has 2 heteroatoms. The number of phenols is 1. The molecule has 0 bridgehead atoms. The standard InChI is InChI=1S/C41H62O2/c1-32(2)15-9-16-33(3)17-10-18-34(4)19-11-20-35(5)21-12-22-36(6)23-13-24-37(7)25-14-29-41(8)30-28-38-31-39(42)26-27-40(38)43-41/h15,17,19,21,23,25-27,31,42H,9-14,16,18,20,22,24,28-30H2,1-8H3/b33-17+,34-19+,35-21+,36-23+,37-25+. The van der Waals surface area contributed by atoms with Crippen molar-refractivity contribution in [2.24, 2.45) is 0 Å². The quantitative estimate of drug-likeness (QED) is 0.173. The van der Waals surface area contributed by atoms with Crippen molar-refractivity contribution < 1.29 is 9.84 Å². The van der Waals surface area contributed by atoms with Gasteiger partial charge in [-0.05, 0) is 169 Å². The maximum atomic E-state index is 9.72. The Morgan fingerprint density at radius 1 is 0.651 bits per heavy atom. The topological polar surface area (TPSA) is 29.5 Å². The summed E-state index contributed by atoms with van der Waals surface area (Å²) >= 11 is 0. The lowest BCUT2D eigenvalue weighted by molar-refractivity contribution is 0.0570. The molecule has 1 atom stereocenters. The van der Waals surface area contributed by atoms with Crippen LogP contribution >= 0.6 is 0 Å². The Balaban J connectivity index is 1.60. The van der Waals surface area contributed by atoms with Gasteiger partial charge in [0.2, 0.25) is 0 Å². The van der Waals surface area contributed by atoms with Gasteiger partial charge in [0.1, 0.15) is 17.1 Å². The van der Waals surface area contributed by atoms with Gasteiger partial charge >= 0.3 is 0 Å². The third-order valence-corrected chi connectivity index (χ3v) is 8.71. The Morgan fingerprint density at radius 2 is 1.07 bits per heavy atom. The average molecular weight is 587 g/mol. The normalized spacial score (nSPS) is 18.4. The molecular formula is C41H62O2. The van der Waals surface area contributed by atoms with Crippen LogP contribution in [0.1, 0.15) is 144 Å². The summed E-state index contributed by atoms with van der Waals surface area (Å²) in [5, 5.41) is 9.72. The molecular weight excluding hydrogens is 524 g/mol. The number of fused-ring (bicyclic) bond motifs is 1. The molecule has 43 heavy (non-hydrogen) atoms. The second-order valence-corrected chi connectivity index (χ2v) is 13.6. The van der Waals surface area contributed by atoms with Crippen LogP contribution in [0.3, 0.4) is 0 Å². The van der Waals surface area contributed by atoms with Gasteiger partial charge in [-0.25, -0.2) is 0 Å². The van der Waals surface area contributed by atoms with Gasteiger partial charge in [0.15, 0.2) is 0 Å². The molecule has 0 amide bonds. The van der Waals surface area contributed by atoms with E-state index in [9.17, 15) is 5.11 Å². The zero-order chi connectivity index (χ0) is 31.7. The molecule has 0 spiro atoms. The lowest BCUT2D eigenvalue weighted by atomic mass is 9.88. The van der Waals surface area contributed by atoms with E-state index in [0.717, 1.165) is 75.5 Å². The molecule has 0 saturated carbocycles. The highest BCUT2D eigenvalue weighted by atomic mass is 16.5. The van der Waals surface area contributed by atoms with E-state index < -0.39 is 0 Å². The minimum atomic E-state index is -0.125. The van der Waals surface area contributed by atoms with Crippen LogP contribution in [-0.2, 0) is 6.42 Å². The summed E-state index contributed by atoms with van der Waals surface area (Å²) < 4.78 is 6.33. The molecule has 2 rings (SSSR count). The fourth-order valence-corrected chi connectivity index (χ4v) is 5.66. The fraction of sp³-hybridized carbons (Fsp3) is 0.561. The molecule has 0 radical (unpaired) electrons. The monoisotopic (exact) mass is 586 g/mol. The summed E-state index contributed by atoms with van der Waals surface area (Å²) in [6.45, 7) is 18.0. The molecule has 1 N–H and O–H groups in total. The van der Waals surface area contributed by atoms with E-state index in [0.29, 0.717) is 5.75 Å². The summed E-state index contributed by atoms with van der Waals surface area (Å²) in [7, 11) is 0. The van der Waals surface area contributed by atoms with E-state index in [1.807, 2.05) is 12.1 Å². The summed E-state index contributed by atoms with van der Waals surface area (Å²) in [6.07, 6.45) is 30.1. The number of allylic oxidation sites excluding steroid dienone is 12. The molecule has 1 unspecified atom stereocenters. The minimum absolute atomic E-state index is 0.125. The van der Waals surface area contributed by atoms with Gasteiger partial charge in [-0.1, -0.05) is 69.9 Å². The van der Waals surface area contributed by atoms with Gasteiger partial charge in [0.05, 0.1) is 0 Å². The molecule has 238 valence electrons. The third kappa shape index (κ3) is 16.1. The smallest absolute Gasteiger partial charge is 0.123 e. The number of benzene rings is 1. The van der Waals surface area contributed by atoms with Gasteiger partial charge in [0, 0.05) is 0 Å². The van der Waals surface area contributed by atoms with Crippen molar-refractivity contribution >= 4 is 0 Å². The van der Waals surface area contributed by atoms with Crippen molar-refractivity contribution in [3.63, 3.8) is 0 Å². The van der Waals surface area contributed by atoms with Crippen LogP contribution in [0.5, 0.6) is 11.5 Å². The molecule has 1 aromatic rings. The number of hydrogen-bond donors (Lipinski definition) is 1. The molecule has 1 heterocycles. The van der Waals surface area contributed by atoms with Crippen molar-refractivity contribution in [1.29, 1.82) is 0 Å². The highest BCUT2D eigenvalue weighted by Gasteiger charge is 2.30. The second-order valence-electron chi connectivity index (χ2n) is 13.6. The first-order valence-corrected chi connectivity index (χ1v) is 16.9. The Kier molecular flexibility index (Phi) is 16.5. The van der Waals surface area contributed by atoms with Crippen molar-refractivity contribution in [3.8, 4) is 11.5 Å². The molecule has 1 aliphatic heterocycles. The number of aromatic hydroxyl groups is 1. The summed E-state index contributed by atoms with van der Waals surface area (Å²) in [5.74, 6) is 1.26. The lowest BCUT2D eigenvalue weighted by Crippen LogP contribution is -2.36. The number of phenolic OH excluding ortho intramolecular Hbond substituents is 1. The average Bonchev–Trinajstić information content (AvgIpc) is 2.93. The van der Waals surface area contributed by atoms with E-state index in [4.69, 9.17) is 4.74 Å². The van der Waals surface area contributed by atoms with Crippen molar-refractivity contribution in [1.82, 2.24) is 0 Å². The second kappa shape index (κ2) is 19.5. The maximum absolute atomic E-state index is 9.72. The van der Waals surface area contributed by atoms with Gasteiger partial charge in [-0.2, -0.15) is 0 Å². The van der Waals surface area contributed by atoms with Crippen LogP contribution in [-0.4, -0.2) is 10.7 Å². The molecule has 2 nitrogen and oxygen atoms in total. The van der Waals surface area contributed by atoms with E-state index in [1.165, 1.54) is 59.1 Å². The Labute approximate surface area is 265 Å². The molecule has 1 aromatic carbocycles. The van der Waals surface area contributed by atoms with Crippen molar-refractivity contribution in [2.45, 2.75) is 151 Å². The van der Waals surface area contributed by atoms with Gasteiger partial charge in [0.25, 0.3) is 0 Å². The van der Waals surface area contributed by atoms with Crippen LogP contribution in [0.15, 0.2) is 88.1 Å². The first-order chi connectivity index (χ1) is 20.5. The van der Waals surface area contributed by atoms with E-state index in [-0.39, 0.29) is 5.60 Å². The van der Waals surface area contributed by atoms with Gasteiger partial charge in [-0.15, -0.1) is 0 Å². The predicted molar refractivity (Wildman–Crippen MR) is 189 cm³/mol. The van der Waals surface area contributed by atoms with Gasteiger partial charge < -0.3 is 9.84 Å². The van der Waals surface area contributed by atoms with Crippen LogP contribution in [0.4, 0.5) is 0 Å². The van der Waals surface area contributed by atoms with Crippen LogP contribution in [0.2, 0.25) is 0 Å². The number of hydrogen-bond acceptors (Lipinski definition) is 2. The first kappa shape index (κ1) is 36.5. The van der Waals surface area contributed by atoms with Crippen LogP contribution in [0.25, 0.3) is 0 Å². The summed E-state index contributed by atoms with van der Waals surface area (Å²) in [4.78, 5) is 0. The van der Waals surface area contributed by atoms with Crippen LogP contribution in [0, 0.1) is 0 Å². The molecule has 1 aliphatic rings. The zero-order valence-electron chi connectivity index (χ0n) is 29.0. The largest absolute Gasteiger partial charge is 0.508 e.